The van der Waals surface area contributed by atoms with Gasteiger partial charge < -0.3 is 9.84 Å². The van der Waals surface area contributed by atoms with Crippen molar-refractivity contribution in [2.45, 2.75) is 6.92 Å². The van der Waals surface area contributed by atoms with E-state index in [9.17, 15) is 8.42 Å². The molecule has 6 nitrogen and oxygen atoms in total. The topological polar surface area (TPSA) is 82.1 Å². The molecule has 0 aliphatic rings. The molecule has 0 atom stereocenters. The Morgan fingerprint density at radius 1 is 1.15 bits per heavy atom. The van der Waals surface area contributed by atoms with Gasteiger partial charge in [0.15, 0.2) is 0 Å². The van der Waals surface area contributed by atoms with E-state index in [0.29, 0.717) is 0 Å². The van der Waals surface area contributed by atoms with Crippen molar-refractivity contribution in [3.8, 4) is 0 Å². The number of ether oxygens (including phenoxy) is 1. The van der Waals surface area contributed by atoms with Crippen LogP contribution in [0.25, 0.3) is 0 Å². The molecule has 0 rings (SSSR count). The molecular formula is C6H14O6S. The molecule has 0 heterocycles. The molecule has 0 aromatic carbocycles. The van der Waals surface area contributed by atoms with Crippen molar-refractivity contribution in [3.63, 3.8) is 0 Å². The molecule has 13 heavy (non-hydrogen) atoms. The van der Waals surface area contributed by atoms with Crippen LogP contribution in [0.1, 0.15) is 6.92 Å². The molecule has 0 saturated carbocycles. The summed E-state index contributed by atoms with van der Waals surface area (Å²) in [5, 5.41) is 8.30. The van der Waals surface area contributed by atoms with Crippen molar-refractivity contribution in [2.75, 3.05) is 33.0 Å². The third kappa shape index (κ3) is 8.13. The van der Waals surface area contributed by atoms with Gasteiger partial charge in [-0.1, -0.05) is 0 Å². The summed E-state index contributed by atoms with van der Waals surface area (Å²) in [4.78, 5) is 0. The van der Waals surface area contributed by atoms with Crippen LogP contribution in [0.2, 0.25) is 0 Å². The summed E-state index contributed by atoms with van der Waals surface area (Å²) in [7, 11) is -3.86. The van der Waals surface area contributed by atoms with E-state index < -0.39 is 10.4 Å². The van der Waals surface area contributed by atoms with Gasteiger partial charge in [0.25, 0.3) is 0 Å². The van der Waals surface area contributed by atoms with Crippen LogP contribution in [0.4, 0.5) is 0 Å². The fourth-order valence-corrected chi connectivity index (χ4v) is 1.17. The van der Waals surface area contributed by atoms with Crippen molar-refractivity contribution in [1.82, 2.24) is 0 Å². The first-order valence-electron chi connectivity index (χ1n) is 3.84. The Hall–Kier alpha value is -0.210. The first kappa shape index (κ1) is 12.8. The number of rotatable bonds is 8. The van der Waals surface area contributed by atoms with Gasteiger partial charge in [0.05, 0.1) is 33.0 Å². The van der Waals surface area contributed by atoms with Gasteiger partial charge in [-0.25, -0.2) is 8.37 Å². The third-order valence-electron chi connectivity index (χ3n) is 0.953. The van der Waals surface area contributed by atoms with E-state index in [-0.39, 0.29) is 33.0 Å². The highest BCUT2D eigenvalue weighted by atomic mass is 32.3. The molecule has 0 bridgehead atoms. The van der Waals surface area contributed by atoms with E-state index in [4.69, 9.17) is 9.84 Å². The predicted octanol–water partition coefficient (Wildman–Crippen LogP) is -0.707. The minimum atomic E-state index is -3.86. The van der Waals surface area contributed by atoms with Crippen LogP contribution in [0.3, 0.4) is 0 Å². The lowest BCUT2D eigenvalue weighted by atomic mass is 10.7. The smallest absolute Gasteiger partial charge is 0.394 e. The average Bonchev–Trinajstić information content (AvgIpc) is 2.04. The van der Waals surface area contributed by atoms with Gasteiger partial charge in [0, 0.05) is 0 Å². The fourth-order valence-electron chi connectivity index (χ4n) is 0.540. The third-order valence-corrected chi connectivity index (χ3v) is 1.93. The van der Waals surface area contributed by atoms with E-state index in [0.717, 1.165) is 0 Å². The largest absolute Gasteiger partial charge is 0.399 e. The van der Waals surface area contributed by atoms with Gasteiger partial charge in [0.1, 0.15) is 0 Å². The van der Waals surface area contributed by atoms with E-state index in [2.05, 4.69) is 8.37 Å². The summed E-state index contributed by atoms with van der Waals surface area (Å²) in [6.07, 6.45) is 0. The van der Waals surface area contributed by atoms with Crippen LogP contribution in [-0.2, 0) is 23.5 Å². The molecule has 7 heteroatoms. The van der Waals surface area contributed by atoms with E-state index in [1.165, 1.54) is 0 Å². The van der Waals surface area contributed by atoms with Crippen LogP contribution in [0, 0.1) is 0 Å². The summed E-state index contributed by atoms with van der Waals surface area (Å²) < 4.78 is 34.8. The van der Waals surface area contributed by atoms with Gasteiger partial charge in [-0.3, -0.25) is 0 Å². The van der Waals surface area contributed by atoms with Crippen molar-refractivity contribution in [1.29, 1.82) is 0 Å². The summed E-state index contributed by atoms with van der Waals surface area (Å²) in [5.41, 5.74) is 0. The highest BCUT2D eigenvalue weighted by molar-refractivity contribution is 7.81. The Balaban J connectivity index is 3.41. The van der Waals surface area contributed by atoms with Crippen LogP contribution in [-0.4, -0.2) is 46.6 Å². The van der Waals surface area contributed by atoms with Crippen LogP contribution >= 0.6 is 0 Å². The van der Waals surface area contributed by atoms with Crippen LogP contribution in [0.5, 0.6) is 0 Å². The first-order chi connectivity index (χ1) is 6.12. The Labute approximate surface area is 77.7 Å². The molecule has 80 valence electrons. The summed E-state index contributed by atoms with van der Waals surface area (Å²) in [5.74, 6) is 0. The van der Waals surface area contributed by atoms with Gasteiger partial charge in [-0.05, 0) is 6.92 Å². The molecule has 0 unspecified atom stereocenters. The number of hydrogen-bond donors (Lipinski definition) is 1. The van der Waals surface area contributed by atoms with E-state index in [1.807, 2.05) is 0 Å². The minimum Gasteiger partial charge on any atom is -0.394 e. The molecular weight excluding hydrogens is 200 g/mol. The summed E-state index contributed by atoms with van der Waals surface area (Å²) in [6, 6.07) is 0. The van der Waals surface area contributed by atoms with Crippen molar-refractivity contribution in [2.24, 2.45) is 0 Å². The van der Waals surface area contributed by atoms with Gasteiger partial charge >= 0.3 is 10.4 Å². The molecule has 0 aromatic heterocycles. The molecule has 0 aliphatic carbocycles. The molecule has 0 aromatic rings. The van der Waals surface area contributed by atoms with Crippen molar-refractivity contribution < 1.29 is 26.6 Å². The molecule has 0 saturated heterocycles. The summed E-state index contributed by atoms with van der Waals surface area (Å²) in [6.45, 7) is 1.65. The average molecular weight is 214 g/mol. The second-order valence-corrected chi connectivity index (χ2v) is 3.26. The zero-order valence-electron chi connectivity index (χ0n) is 7.43. The molecule has 0 aliphatic heterocycles. The maximum Gasteiger partial charge on any atom is 0.399 e. The number of aliphatic hydroxyl groups excluding tert-OH is 1. The zero-order chi connectivity index (χ0) is 10.2. The zero-order valence-corrected chi connectivity index (χ0v) is 8.25. The van der Waals surface area contributed by atoms with Crippen LogP contribution in [0.15, 0.2) is 0 Å². The van der Waals surface area contributed by atoms with Gasteiger partial charge in [-0.15, -0.1) is 0 Å². The molecule has 0 fully saturated rings. The maximum absolute atomic E-state index is 10.7. The minimum absolute atomic E-state index is 0.0415. The second-order valence-electron chi connectivity index (χ2n) is 1.97. The fraction of sp³-hybridized carbons (Fsp3) is 1.00. The molecule has 1 N–H and O–H groups in total. The quantitative estimate of drug-likeness (QED) is 0.538. The Bertz CT molecular complexity index is 199. The lowest BCUT2D eigenvalue weighted by molar-refractivity contribution is 0.0672. The Morgan fingerprint density at radius 3 is 2.38 bits per heavy atom. The Morgan fingerprint density at radius 2 is 1.85 bits per heavy atom. The van der Waals surface area contributed by atoms with Crippen LogP contribution < -0.4 is 0 Å². The SMILES string of the molecule is CCOS(=O)(=O)OCCOCCO. The second kappa shape index (κ2) is 7.22. The molecule has 0 amide bonds. The number of hydrogen-bond acceptors (Lipinski definition) is 6. The highest BCUT2D eigenvalue weighted by Gasteiger charge is 2.09. The number of aliphatic hydroxyl groups is 1. The monoisotopic (exact) mass is 214 g/mol. The molecule has 0 spiro atoms. The normalized spacial score (nSPS) is 11.8. The first-order valence-corrected chi connectivity index (χ1v) is 5.18. The summed E-state index contributed by atoms with van der Waals surface area (Å²) >= 11 is 0. The predicted molar refractivity (Wildman–Crippen MR) is 44.4 cm³/mol. The van der Waals surface area contributed by atoms with Gasteiger partial charge in [0.2, 0.25) is 0 Å². The maximum atomic E-state index is 10.7. The van der Waals surface area contributed by atoms with E-state index in [1.54, 1.807) is 6.92 Å². The molecule has 0 radical (unpaired) electrons. The standard InChI is InChI=1S/C6H14O6S/c1-2-11-13(8,9)12-6-5-10-4-3-7/h7H,2-6H2,1H3. The Kier molecular flexibility index (Phi) is 7.10. The van der Waals surface area contributed by atoms with Gasteiger partial charge in [-0.2, -0.15) is 8.42 Å². The lowest BCUT2D eigenvalue weighted by Crippen LogP contribution is -2.14. The van der Waals surface area contributed by atoms with E-state index >= 15 is 0 Å². The van der Waals surface area contributed by atoms with Crippen molar-refractivity contribution in [3.05, 3.63) is 0 Å². The highest BCUT2D eigenvalue weighted by Crippen LogP contribution is 1.94. The van der Waals surface area contributed by atoms with Crippen molar-refractivity contribution >= 4 is 10.4 Å². The lowest BCUT2D eigenvalue weighted by Gasteiger charge is -2.04.